The van der Waals surface area contributed by atoms with Gasteiger partial charge in [-0.15, -0.1) is 6.58 Å². The molecule has 0 saturated carbocycles. The molecule has 3 fully saturated rings. The van der Waals surface area contributed by atoms with Crippen LogP contribution in [-0.4, -0.2) is 49.7 Å². The first-order valence-electron chi connectivity index (χ1n) is 7.83. The van der Waals surface area contributed by atoms with E-state index in [0.717, 1.165) is 32.5 Å². The van der Waals surface area contributed by atoms with Crippen molar-refractivity contribution in [2.45, 2.75) is 63.4 Å². The van der Waals surface area contributed by atoms with Gasteiger partial charge in [0.2, 0.25) is 0 Å². The van der Waals surface area contributed by atoms with Crippen molar-refractivity contribution in [2.75, 3.05) is 19.7 Å². The molecule has 3 aliphatic heterocycles. The number of rotatable bonds is 4. The lowest BCUT2D eigenvalue weighted by Gasteiger charge is -2.53. The minimum Gasteiger partial charge on any atom is -0.415 e. The molecule has 0 aromatic carbocycles. The van der Waals surface area contributed by atoms with Gasteiger partial charge in [-0.25, -0.2) is 0 Å². The maximum atomic E-state index is 10.6. The standard InChI is InChI=1S/C16H31NO2Si/c1-7-16(18)12-17-9-8-13(16)10-14(17)11-19-20(5,6)15(2,3)4/h7,13-14,18H,1,8-12H2,2-6H3/t13-,14+,16+/m0/s1. The molecule has 1 unspecified atom stereocenters. The number of piperidine rings is 3. The van der Waals surface area contributed by atoms with E-state index in [1.165, 1.54) is 0 Å². The number of fused-ring (bicyclic) bond motifs is 3. The molecular formula is C16H31NO2Si. The average molecular weight is 298 g/mol. The van der Waals surface area contributed by atoms with Gasteiger partial charge in [0, 0.05) is 19.2 Å². The topological polar surface area (TPSA) is 32.7 Å². The van der Waals surface area contributed by atoms with E-state index >= 15 is 0 Å². The number of hydrogen-bond donors (Lipinski definition) is 1. The quantitative estimate of drug-likeness (QED) is 0.639. The fourth-order valence-corrected chi connectivity index (χ4v) is 4.18. The summed E-state index contributed by atoms with van der Waals surface area (Å²) in [4.78, 5) is 2.40. The molecule has 0 aromatic heterocycles. The predicted molar refractivity (Wildman–Crippen MR) is 86.4 cm³/mol. The molecule has 20 heavy (non-hydrogen) atoms. The van der Waals surface area contributed by atoms with Crippen LogP contribution < -0.4 is 0 Å². The Morgan fingerprint density at radius 2 is 2.10 bits per heavy atom. The monoisotopic (exact) mass is 297 g/mol. The lowest BCUT2D eigenvalue weighted by Crippen LogP contribution is -2.63. The first-order chi connectivity index (χ1) is 9.09. The van der Waals surface area contributed by atoms with Crippen LogP contribution in [0.1, 0.15) is 33.6 Å². The summed E-state index contributed by atoms with van der Waals surface area (Å²) in [6.45, 7) is 17.9. The molecule has 2 bridgehead atoms. The third-order valence-corrected chi connectivity index (χ3v) is 10.3. The van der Waals surface area contributed by atoms with Crippen LogP contribution in [0.4, 0.5) is 0 Å². The second-order valence-electron chi connectivity index (χ2n) is 8.11. The first kappa shape index (κ1) is 16.2. The number of nitrogens with zero attached hydrogens (tertiary/aromatic N) is 1. The van der Waals surface area contributed by atoms with E-state index in [1.54, 1.807) is 6.08 Å². The molecule has 0 aliphatic carbocycles. The highest BCUT2D eigenvalue weighted by atomic mass is 28.4. The van der Waals surface area contributed by atoms with Gasteiger partial charge >= 0.3 is 0 Å². The molecular weight excluding hydrogens is 266 g/mol. The third-order valence-electron chi connectivity index (χ3n) is 5.80. The van der Waals surface area contributed by atoms with Gasteiger partial charge in [0.1, 0.15) is 0 Å². The second-order valence-corrected chi connectivity index (χ2v) is 12.9. The Hall–Kier alpha value is -0.163. The molecule has 3 heterocycles. The molecule has 3 aliphatic rings. The van der Waals surface area contributed by atoms with Gasteiger partial charge < -0.3 is 9.53 Å². The van der Waals surface area contributed by atoms with Crippen molar-refractivity contribution >= 4 is 8.32 Å². The SMILES string of the molecule is C=C[C@@]1(O)CN2CC[C@H]1C[C@@H]2CO[Si](C)(C)C(C)(C)C. The number of aliphatic hydroxyl groups is 1. The van der Waals surface area contributed by atoms with E-state index in [1.807, 2.05) is 0 Å². The smallest absolute Gasteiger partial charge is 0.192 e. The minimum absolute atomic E-state index is 0.262. The van der Waals surface area contributed by atoms with Crippen LogP contribution in [0, 0.1) is 5.92 Å². The van der Waals surface area contributed by atoms with Crippen molar-refractivity contribution in [1.82, 2.24) is 4.90 Å². The molecule has 116 valence electrons. The van der Waals surface area contributed by atoms with E-state index in [2.05, 4.69) is 45.3 Å². The number of hydrogen-bond acceptors (Lipinski definition) is 3. The van der Waals surface area contributed by atoms with Crippen LogP contribution >= 0.6 is 0 Å². The summed E-state index contributed by atoms with van der Waals surface area (Å²) in [5.41, 5.74) is -0.675. The van der Waals surface area contributed by atoms with E-state index in [-0.39, 0.29) is 5.04 Å². The summed E-state index contributed by atoms with van der Waals surface area (Å²) in [5.74, 6) is 0.359. The van der Waals surface area contributed by atoms with Crippen molar-refractivity contribution in [3.8, 4) is 0 Å². The van der Waals surface area contributed by atoms with Gasteiger partial charge in [0.15, 0.2) is 8.32 Å². The fourth-order valence-electron chi connectivity index (χ4n) is 3.14. The molecule has 0 aromatic rings. The highest BCUT2D eigenvalue weighted by Gasteiger charge is 2.48. The summed E-state index contributed by atoms with van der Waals surface area (Å²) >= 11 is 0. The van der Waals surface area contributed by atoms with Crippen molar-refractivity contribution in [2.24, 2.45) is 5.92 Å². The van der Waals surface area contributed by atoms with Crippen molar-refractivity contribution in [3.05, 3.63) is 12.7 Å². The largest absolute Gasteiger partial charge is 0.415 e. The van der Waals surface area contributed by atoms with Gasteiger partial charge in [-0.05, 0) is 43.4 Å². The lowest BCUT2D eigenvalue weighted by atomic mass is 9.72. The Labute approximate surface area is 125 Å². The van der Waals surface area contributed by atoms with Crippen molar-refractivity contribution in [1.29, 1.82) is 0 Å². The lowest BCUT2D eigenvalue weighted by molar-refractivity contribution is -0.110. The van der Waals surface area contributed by atoms with Gasteiger partial charge in [-0.3, -0.25) is 4.90 Å². The fraction of sp³-hybridized carbons (Fsp3) is 0.875. The van der Waals surface area contributed by atoms with E-state index in [4.69, 9.17) is 4.43 Å². The van der Waals surface area contributed by atoms with E-state index in [9.17, 15) is 5.11 Å². The van der Waals surface area contributed by atoms with Gasteiger partial charge in [0.05, 0.1) is 5.60 Å². The molecule has 3 nitrogen and oxygen atoms in total. The van der Waals surface area contributed by atoms with Gasteiger partial charge in [-0.1, -0.05) is 26.8 Å². The molecule has 3 rings (SSSR count). The Morgan fingerprint density at radius 1 is 1.45 bits per heavy atom. The predicted octanol–water partition coefficient (Wildman–Crippen LogP) is 3.02. The first-order valence-corrected chi connectivity index (χ1v) is 10.7. The Balaban J connectivity index is 1.96. The summed E-state index contributed by atoms with van der Waals surface area (Å²) < 4.78 is 6.38. The third kappa shape index (κ3) is 2.89. The summed E-state index contributed by atoms with van der Waals surface area (Å²) in [6.07, 6.45) is 3.87. The zero-order valence-corrected chi connectivity index (χ0v) is 14.8. The van der Waals surface area contributed by atoms with Crippen LogP contribution in [0.25, 0.3) is 0 Å². The minimum atomic E-state index is -1.67. The molecule has 4 atom stereocenters. The maximum absolute atomic E-state index is 10.6. The van der Waals surface area contributed by atoms with Gasteiger partial charge in [-0.2, -0.15) is 0 Å². The van der Waals surface area contributed by atoms with Crippen LogP contribution in [0.5, 0.6) is 0 Å². The molecule has 0 amide bonds. The highest BCUT2D eigenvalue weighted by molar-refractivity contribution is 6.74. The van der Waals surface area contributed by atoms with Crippen molar-refractivity contribution < 1.29 is 9.53 Å². The summed E-state index contributed by atoms with van der Waals surface area (Å²) in [7, 11) is -1.67. The van der Waals surface area contributed by atoms with Gasteiger partial charge in [0.25, 0.3) is 0 Å². The summed E-state index contributed by atoms with van der Waals surface area (Å²) in [5, 5.41) is 10.8. The Morgan fingerprint density at radius 3 is 2.55 bits per heavy atom. The Kier molecular flexibility index (Phi) is 4.24. The van der Waals surface area contributed by atoms with Crippen LogP contribution in [-0.2, 0) is 4.43 Å². The van der Waals surface area contributed by atoms with E-state index in [0.29, 0.717) is 12.0 Å². The zero-order chi connectivity index (χ0) is 15.2. The van der Waals surface area contributed by atoms with Crippen LogP contribution in [0.15, 0.2) is 12.7 Å². The summed E-state index contributed by atoms with van der Waals surface area (Å²) in [6, 6.07) is 0.475. The molecule has 0 spiro atoms. The molecule has 0 radical (unpaired) electrons. The van der Waals surface area contributed by atoms with Crippen LogP contribution in [0.3, 0.4) is 0 Å². The van der Waals surface area contributed by atoms with Crippen molar-refractivity contribution in [3.63, 3.8) is 0 Å². The maximum Gasteiger partial charge on any atom is 0.192 e. The average Bonchev–Trinajstić information content (AvgIpc) is 2.36. The highest BCUT2D eigenvalue weighted by Crippen LogP contribution is 2.41. The Bertz CT molecular complexity index is 377. The van der Waals surface area contributed by atoms with Crippen LogP contribution in [0.2, 0.25) is 18.1 Å². The molecule has 3 saturated heterocycles. The molecule has 4 heteroatoms. The zero-order valence-electron chi connectivity index (χ0n) is 13.8. The second kappa shape index (κ2) is 5.23. The molecule has 1 N–H and O–H groups in total. The van der Waals surface area contributed by atoms with E-state index < -0.39 is 13.9 Å². The normalized spacial score (nSPS) is 38.0.